The highest BCUT2D eigenvalue weighted by molar-refractivity contribution is 7.89. The second-order valence-electron chi connectivity index (χ2n) is 7.40. The highest BCUT2D eigenvalue weighted by atomic mass is 32.2. The maximum absolute atomic E-state index is 12.9. The quantitative estimate of drug-likeness (QED) is 0.261. The minimum Gasteiger partial charge on any atom is -0.487 e. The number of carbonyl (C=O) groups is 1. The molecule has 34 heavy (non-hydrogen) atoms. The summed E-state index contributed by atoms with van der Waals surface area (Å²) in [6.07, 6.45) is 0. The number of morpholine rings is 1. The molecule has 0 N–H and O–H groups in total. The molecule has 0 bridgehead atoms. The smallest absolute Gasteiger partial charge is 0.420 e. The number of hydrogen-bond donors (Lipinski definition) is 0. The molecule has 13 heteroatoms. The summed E-state index contributed by atoms with van der Waals surface area (Å²) in [5.74, 6) is -1.39. The summed E-state index contributed by atoms with van der Waals surface area (Å²) in [5, 5.41) is 11.3. The number of hydrogen-bond acceptors (Lipinski definition) is 9. The fourth-order valence-electron chi connectivity index (χ4n) is 3.64. The lowest BCUT2D eigenvalue weighted by atomic mass is 10.1. The van der Waals surface area contributed by atoms with Gasteiger partial charge in [-0.15, -0.1) is 0 Å². The van der Waals surface area contributed by atoms with Gasteiger partial charge in [0.1, 0.15) is 0 Å². The van der Waals surface area contributed by atoms with Crippen LogP contribution in [0.2, 0.25) is 0 Å². The number of benzene rings is 2. The van der Waals surface area contributed by atoms with Crippen LogP contribution in [-0.2, 0) is 21.3 Å². The number of aromatic nitrogens is 1. The molecular formula is C21H21N3O9S. The number of carbonyl (C=O) groups excluding carboxylic acids is 1. The van der Waals surface area contributed by atoms with Gasteiger partial charge in [-0.2, -0.15) is 4.31 Å². The highest BCUT2D eigenvalue weighted by Crippen LogP contribution is 2.28. The normalized spacial score (nSPS) is 14.9. The van der Waals surface area contributed by atoms with Crippen LogP contribution >= 0.6 is 0 Å². The molecule has 1 aliphatic rings. The Bertz CT molecular complexity index is 1420. The number of rotatable bonds is 8. The van der Waals surface area contributed by atoms with Crippen molar-refractivity contribution in [3.05, 3.63) is 62.6 Å². The van der Waals surface area contributed by atoms with Crippen LogP contribution in [0.5, 0.6) is 5.75 Å². The van der Waals surface area contributed by atoms with Crippen LogP contribution < -0.4 is 10.5 Å². The van der Waals surface area contributed by atoms with Gasteiger partial charge in [-0.05, 0) is 31.2 Å². The summed E-state index contributed by atoms with van der Waals surface area (Å²) in [6.45, 7) is 2.46. The van der Waals surface area contributed by atoms with Gasteiger partial charge in [0.25, 0.3) is 0 Å². The van der Waals surface area contributed by atoms with E-state index in [1.165, 1.54) is 34.6 Å². The Kier molecular flexibility index (Phi) is 6.50. The van der Waals surface area contributed by atoms with Gasteiger partial charge in [-0.25, -0.2) is 13.2 Å². The van der Waals surface area contributed by atoms with Gasteiger partial charge >= 0.3 is 11.4 Å². The van der Waals surface area contributed by atoms with Gasteiger partial charge in [0, 0.05) is 30.8 Å². The molecule has 2 heterocycles. The van der Waals surface area contributed by atoms with Crippen LogP contribution in [-0.4, -0.2) is 60.9 Å². The number of nitro groups is 1. The zero-order chi connectivity index (χ0) is 24.5. The Hall–Kier alpha value is -3.55. The number of nitrogens with zero attached hydrogens (tertiary/aromatic N) is 3. The summed E-state index contributed by atoms with van der Waals surface area (Å²) >= 11 is 0. The summed E-state index contributed by atoms with van der Waals surface area (Å²) < 4.78 is 43.7. The number of sulfonamides is 1. The van der Waals surface area contributed by atoms with E-state index in [1.807, 2.05) is 0 Å². The molecule has 0 atom stereocenters. The lowest BCUT2D eigenvalue weighted by Gasteiger charge is -2.25. The van der Waals surface area contributed by atoms with Gasteiger partial charge in [-0.1, -0.05) is 0 Å². The second kappa shape index (κ2) is 9.37. The van der Waals surface area contributed by atoms with E-state index >= 15 is 0 Å². The molecule has 0 unspecified atom stereocenters. The monoisotopic (exact) mass is 491 g/mol. The molecule has 1 saturated heterocycles. The minimum absolute atomic E-state index is 0.00445. The van der Waals surface area contributed by atoms with E-state index in [1.54, 1.807) is 6.92 Å². The Morgan fingerprint density at radius 2 is 1.91 bits per heavy atom. The number of fused-ring (bicyclic) bond motifs is 1. The van der Waals surface area contributed by atoms with Crippen molar-refractivity contribution in [2.75, 3.05) is 32.9 Å². The molecular weight excluding hydrogens is 470 g/mol. The van der Waals surface area contributed by atoms with Crippen molar-refractivity contribution in [1.82, 2.24) is 8.87 Å². The van der Waals surface area contributed by atoms with Gasteiger partial charge in [-0.3, -0.25) is 19.5 Å². The minimum atomic E-state index is -3.81. The van der Waals surface area contributed by atoms with E-state index in [0.717, 1.165) is 10.6 Å². The molecule has 0 radical (unpaired) electrons. The fraction of sp³-hybridized carbons (Fsp3) is 0.333. The first kappa shape index (κ1) is 23.6. The molecule has 4 rings (SSSR count). The molecule has 0 amide bonds. The first-order valence-corrected chi connectivity index (χ1v) is 11.8. The van der Waals surface area contributed by atoms with Crippen molar-refractivity contribution in [1.29, 1.82) is 0 Å². The molecule has 1 fully saturated rings. The first-order chi connectivity index (χ1) is 16.2. The van der Waals surface area contributed by atoms with Crippen molar-refractivity contribution in [2.24, 2.45) is 0 Å². The molecule has 2 aromatic carbocycles. The third kappa shape index (κ3) is 4.44. The molecule has 0 saturated carbocycles. The Morgan fingerprint density at radius 3 is 2.59 bits per heavy atom. The number of oxazole rings is 1. The molecule has 0 aliphatic carbocycles. The van der Waals surface area contributed by atoms with Crippen molar-refractivity contribution in [2.45, 2.75) is 18.4 Å². The fourth-order valence-corrected chi connectivity index (χ4v) is 5.06. The Morgan fingerprint density at radius 1 is 1.18 bits per heavy atom. The lowest BCUT2D eigenvalue weighted by molar-refractivity contribution is -0.385. The molecule has 3 aromatic rings. The van der Waals surface area contributed by atoms with Gasteiger partial charge < -0.3 is 13.9 Å². The van der Waals surface area contributed by atoms with Crippen molar-refractivity contribution in [3.8, 4) is 5.75 Å². The lowest BCUT2D eigenvalue weighted by Crippen LogP contribution is -2.40. The summed E-state index contributed by atoms with van der Waals surface area (Å²) in [5.41, 5.74) is -0.123. The standard InChI is InChI=1S/C21H21N3O9S/c1-2-32-19-6-3-14(11-17(19)24(27)28)18(25)13-23-16-5-4-15(12-20(16)33-21(23)26)34(29,30)22-7-9-31-10-8-22/h3-6,11-12H,2,7-10,13H2,1H3. The number of ketones is 1. The van der Waals surface area contributed by atoms with E-state index in [4.69, 9.17) is 13.9 Å². The van der Waals surface area contributed by atoms with E-state index in [0.29, 0.717) is 13.2 Å². The van der Waals surface area contributed by atoms with E-state index < -0.39 is 33.0 Å². The average Bonchev–Trinajstić information content (AvgIpc) is 3.14. The van der Waals surface area contributed by atoms with Gasteiger partial charge in [0.05, 0.1) is 41.7 Å². The van der Waals surface area contributed by atoms with Crippen molar-refractivity contribution in [3.63, 3.8) is 0 Å². The third-order valence-corrected chi connectivity index (χ3v) is 7.22. The molecule has 12 nitrogen and oxygen atoms in total. The summed E-state index contributed by atoms with van der Waals surface area (Å²) in [6, 6.07) is 7.76. The SMILES string of the molecule is CCOc1ccc(C(=O)Cn2c(=O)oc3cc(S(=O)(=O)N4CCOCC4)ccc32)cc1[N+](=O)[O-]. The Labute approximate surface area is 193 Å². The second-order valence-corrected chi connectivity index (χ2v) is 9.33. The van der Waals surface area contributed by atoms with Crippen molar-refractivity contribution >= 4 is 32.6 Å². The number of Topliss-reactive ketones (excluding diaryl/α,β-unsaturated/α-hetero) is 1. The van der Waals surface area contributed by atoms with Gasteiger partial charge in [0.2, 0.25) is 10.0 Å². The first-order valence-electron chi connectivity index (χ1n) is 10.4. The Balaban J connectivity index is 1.64. The largest absolute Gasteiger partial charge is 0.487 e. The summed E-state index contributed by atoms with van der Waals surface area (Å²) in [7, 11) is -3.81. The molecule has 1 aromatic heterocycles. The predicted molar refractivity (Wildman–Crippen MR) is 119 cm³/mol. The zero-order valence-corrected chi connectivity index (χ0v) is 18.9. The van der Waals surface area contributed by atoms with Crippen LogP contribution in [0.3, 0.4) is 0 Å². The molecule has 1 aliphatic heterocycles. The molecule has 0 spiro atoms. The topological polar surface area (TPSA) is 151 Å². The van der Waals surface area contributed by atoms with Crippen LogP contribution in [0.25, 0.3) is 11.1 Å². The van der Waals surface area contributed by atoms with Crippen LogP contribution in [0.15, 0.2) is 50.5 Å². The van der Waals surface area contributed by atoms with E-state index in [-0.39, 0.29) is 52.7 Å². The van der Waals surface area contributed by atoms with Crippen LogP contribution in [0.4, 0.5) is 5.69 Å². The number of nitro benzene ring substituents is 1. The molecule has 180 valence electrons. The van der Waals surface area contributed by atoms with Crippen molar-refractivity contribution < 1.29 is 32.0 Å². The zero-order valence-electron chi connectivity index (χ0n) is 18.1. The van der Waals surface area contributed by atoms with E-state index in [2.05, 4.69) is 0 Å². The van der Waals surface area contributed by atoms with Crippen LogP contribution in [0, 0.1) is 10.1 Å². The highest BCUT2D eigenvalue weighted by Gasteiger charge is 2.27. The predicted octanol–water partition coefficient (Wildman–Crippen LogP) is 1.81. The maximum Gasteiger partial charge on any atom is 0.420 e. The number of ether oxygens (including phenoxy) is 2. The van der Waals surface area contributed by atoms with E-state index in [9.17, 15) is 28.1 Å². The average molecular weight is 491 g/mol. The van der Waals surface area contributed by atoms with Gasteiger partial charge in [0.15, 0.2) is 17.1 Å². The maximum atomic E-state index is 12.9. The van der Waals surface area contributed by atoms with Crippen LogP contribution in [0.1, 0.15) is 17.3 Å². The third-order valence-electron chi connectivity index (χ3n) is 5.33. The summed E-state index contributed by atoms with van der Waals surface area (Å²) in [4.78, 5) is 35.9.